The maximum Gasteiger partial charge on any atom is 0.237 e. The lowest BCUT2D eigenvalue weighted by atomic mass is 9.79. The van der Waals surface area contributed by atoms with Crippen molar-refractivity contribution in [1.29, 1.82) is 0 Å². The van der Waals surface area contributed by atoms with Gasteiger partial charge in [0.1, 0.15) is 11.7 Å². The number of nitrogens with one attached hydrogen (secondary N) is 1. The highest BCUT2D eigenvalue weighted by molar-refractivity contribution is 6.07. The van der Waals surface area contributed by atoms with E-state index in [2.05, 4.69) is 5.32 Å². The molecule has 136 valence electrons. The summed E-state index contributed by atoms with van der Waals surface area (Å²) in [6.45, 7) is 2.57. The number of rotatable bonds is 4. The van der Waals surface area contributed by atoms with Crippen molar-refractivity contribution in [3.63, 3.8) is 0 Å². The molecule has 0 spiro atoms. The minimum absolute atomic E-state index is 0.143. The van der Waals surface area contributed by atoms with Crippen molar-refractivity contribution in [2.24, 2.45) is 5.92 Å². The second-order valence-electron chi connectivity index (χ2n) is 6.71. The molecule has 26 heavy (non-hydrogen) atoms. The zero-order valence-corrected chi connectivity index (χ0v) is 15.4. The Morgan fingerprint density at radius 3 is 2.69 bits per heavy atom. The van der Waals surface area contributed by atoms with E-state index in [1.165, 1.54) is 0 Å². The maximum absolute atomic E-state index is 13.0. The molecule has 3 rings (SSSR count). The molecule has 0 radical (unpaired) electrons. The topological polar surface area (TPSA) is 58.6 Å². The average Bonchev–Trinajstić information content (AvgIpc) is 2.65. The molecule has 2 unspecified atom stereocenters. The zero-order chi connectivity index (χ0) is 18.7. The van der Waals surface area contributed by atoms with Crippen LogP contribution in [0.25, 0.3) is 0 Å². The predicted octanol–water partition coefficient (Wildman–Crippen LogP) is 3.20. The normalized spacial score (nSPS) is 20.0. The zero-order valence-electron chi connectivity index (χ0n) is 15.4. The molecular formula is C21H24N2O3. The van der Waals surface area contributed by atoms with E-state index >= 15 is 0 Å². The standard InChI is InChI=1S/C21H24N2O3/c1-14-7-4-5-10-18(14)22-20(24)19-17(11-12-23(2)21(19)25)15-8-6-9-16(13-15)26-3/h4-10,13,17,19H,11-12H2,1-3H3,(H,22,24). The SMILES string of the molecule is COc1cccc(C2CCN(C)C(=O)C2C(=O)Nc2ccccc2C)c1. The van der Waals surface area contributed by atoms with Crippen molar-refractivity contribution >= 4 is 17.5 Å². The summed E-state index contributed by atoms with van der Waals surface area (Å²) < 4.78 is 5.30. The van der Waals surface area contributed by atoms with Gasteiger partial charge in [0.25, 0.3) is 0 Å². The molecule has 0 aromatic heterocycles. The van der Waals surface area contributed by atoms with Gasteiger partial charge in [-0.15, -0.1) is 0 Å². The van der Waals surface area contributed by atoms with Crippen LogP contribution < -0.4 is 10.1 Å². The third-order valence-corrected chi connectivity index (χ3v) is 5.03. The summed E-state index contributed by atoms with van der Waals surface area (Å²) >= 11 is 0. The van der Waals surface area contributed by atoms with Crippen LogP contribution >= 0.6 is 0 Å². The molecule has 1 aliphatic rings. The van der Waals surface area contributed by atoms with E-state index in [0.717, 1.165) is 29.0 Å². The van der Waals surface area contributed by atoms with Crippen molar-refractivity contribution in [2.45, 2.75) is 19.3 Å². The quantitative estimate of drug-likeness (QED) is 0.860. The fraction of sp³-hybridized carbons (Fsp3) is 0.333. The molecule has 0 bridgehead atoms. The molecule has 1 fully saturated rings. The third kappa shape index (κ3) is 3.57. The lowest BCUT2D eigenvalue weighted by molar-refractivity contribution is -0.143. The van der Waals surface area contributed by atoms with Gasteiger partial charge in [-0.3, -0.25) is 9.59 Å². The molecule has 2 amide bonds. The molecule has 5 heteroatoms. The van der Waals surface area contributed by atoms with Crippen LogP contribution in [-0.2, 0) is 9.59 Å². The molecule has 1 N–H and O–H groups in total. The fourth-order valence-corrected chi connectivity index (χ4v) is 3.47. The monoisotopic (exact) mass is 352 g/mol. The molecule has 5 nitrogen and oxygen atoms in total. The van der Waals surface area contributed by atoms with E-state index in [1.807, 2.05) is 55.5 Å². The highest BCUT2D eigenvalue weighted by Crippen LogP contribution is 2.35. The first-order valence-electron chi connectivity index (χ1n) is 8.76. The molecule has 2 aromatic carbocycles. The number of carbonyl (C=O) groups excluding carboxylic acids is 2. The Morgan fingerprint density at radius 2 is 1.96 bits per heavy atom. The number of carbonyl (C=O) groups is 2. The highest BCUT2D eigenvalue weighted by Gasteiger charge is 2.41. The minimum atomic E-state index is -0.750. The summed E-state index contributed by atoms with van der Waals surface area (Å²) in [6, 6.07) is 15.2. The van der Waals surface area contributed by atoms with E-state index in [4.69, 9.17) is 4.74 Å². The number of likely N-dealkylation sites (tertiary alicyclic amines) is 1. The Labute approximate surface area is 154 Å². The molecule has 1 aliphatic heterocycles. The van der Waals surface area contributed by atoms with Crippen LogP contribution in [0.2, 0.25) is 0 Å². The van der Waals surface area contributed by atoms with Crippen molar-refractivity contribution in [1.82, 2.24) is 4.90 Å². The van der Waals surface area contributed by atoms with Gasteiger partial charge >= 0.3 is 0 Å². The van der Waals surface area contributed by atoms with Gasteiger partial charge in [0, 0.05) is 25.2 Å². The van der Waals surface area contributed by atoms with Crippen molar-refractivity contribution < 1.29 is 14.3 Å². The van der Waals surface area contributed by atoms with E-state index in [1.54, 1.807) is 19.1 Å². The van der Waals surface area contributed by atoms with Gasteiger partial charge in [-0.25, -0.2) is 0 Å². The van der Waals surface area contributed by atoms with Crippen LogP contribution in [0.3, 0.4) is 0 Å². The smallest absolute Gasteiger partial charge is 0.237 e. The van der Waals surface area contributed by atoms with Gasteiger partial charge in [-0.2, -0.15) is 0 Å². The van der Waals surface area contributed by atoms with Crippen LogP contribution in [0, 0.1) is 12.8 Å². The summed E-state index contributed by atoms with van der Waals surface area (Å²) in [5.41, 5.74) is 2.66. The van der Waals surface area contributed by atoms with Gasteiger partial charge in [-0.05, 0) is 42.7 Å². The largest absolute Gasteiger partial charge is 0.497 e. The van der Waals surface area contributed by atoms with Crippen molar-refractivity contribution in [3.05, 3.63) is 59.7 Å². The van der Waals surface area contributed by atoms with Crippen LogP contribution in [0.1, 0.15) is 23.5 Å². The molecule has 1 saturated heterocycles. The first-order valence-corrected chi connectivity index (χ1v) is 8.76. The van der Waals surface area contributed by atoms with Gasteiger partial charge in [0.2, 0.25) is 11.8 Å². The number of anilines is 1. The second-order valence-corrected chi connectivity index (χ2v) is 6.71. The number of ether oxygens (including phenoxy) is 1. The Hall–Kier alpha value is -2.82. The Morgan fingerprint density at radius 1 is 1.19 bits per heavy atom. The molecule has 0 saturated carbocycles. The first-order chi connectivity index (χ1) is 12.5. The fourth-order valence-electron chi connectivity index (χ4n) is 3.47. The third-order valence-electron chi connectivity index (χ3n) is 5.03. The average molecular weight is 352 g/mol. The highest BCUT2D eigenvalue weighted by atomic mass is 16.5. The number of aryl methyl sites for hydroxylation is 1. The number of piperidine rings is 1. The van der Waals surface area contributed by atoms with Gasteiger partial charge in [0.15, 0.2) is 0 Å². The van der Waals surface area contributed by atoms with Crippen LogP contribution in [0.4, 0.5) is 5.69 Å². The number of nitrogens with zero attached hydrogens (tertiary/aromatic N) is 1. The number of benzene rings is 2. The Balaban J connectivity index is 1.91. The lowest BCUT2D eigenvalue weighted by Crippen LogP contribution is -2.47. The Bertz CT molecular complexity index is 818. The summed E-state index contributed by atoms with van der Waals surface area (Å²) in [5, 5.41) is 2.94. The van der Waals surface area contributed by atoms with Gasteiger partial charge < -0.3 is 15.0 Å². The molecule has 1 heterocycles. The van der Waals surface area contributed by atoms with Crippen LogP contribution in [0.15, 0.2) is 48.5 Å². The molecule has 0 aliphatic carbocycles. The van der Waals surface area contributed by atoms with E-state index in [-0.39, 0.29) is 17.7 Å². The van der Waals surface area contributed by atoms with Gasteiger partial charge in [-0.1, -0.05) is 30.3 Å². The molecule has 2 atom stereocenters. The summed E-state index contributed by atoms with van der Waals surface area (Å²) in [7, 11) is 3.36. The molecular weight excluding hydrogens is 328 g/mol. The van der Waals surface area contributed by atoms with Crippen LogP contribution in [-0.4, -0.2) is 37.4 Å². The van der Waals surface area contributed by atoms with Crippen molar-refractivity contribution in [2.75, 3.05) is 26.0 Å². The maximum atomic E-state index is 13.0. The first kappa shape index (κ1) is 18.0. The van der Waals surface area contributed by atoms with Crippen LogP contribution in [0.5, 0.6) is 5.75 Å². The summed E-state index contributed by atoms with van der Waals surface area (Å²) in [6.07, 6.45) is 0.737. The van der Waals surface area contributed by atoms with E-state index in [9.17, 15) is 9.59 Å². The van der Waals surface area contributed by atoms with Crippen molar-refractivity contribution in [3.8, 4) is 5.75 Å². The number of amides is 2. The number of methoxy groups -OCH3 is 1. The van der Waals surface area contributed by atoms with E-state index in [0.29, 0.717) is 6.54 Å². The van der Waals surface area contributed by atoms with E-state index < -0.39 is 5.92 Å². The lowest BCUT2D eigenvalue weighted by Gasteiger charge is -2.35. The minimum Gasteiger partial charge on any atom is -0.497 e. The number of para-hydroxylation sites is 1. The van der Waals surface area contributed by atoms with Gasteiger partial charge in [0.05, 0.1) is 7.11 Å². The summed E-state index contributed by atoms with van der Waals surface area (Å²) in [4.78, 5) is 27.5. The Kier molecular flexibility index (Phi) is 5.26. The molecule has 2 aromatic rings. The number of hydrogen-bond donors (Lipinski definition) is 1. The second kappa shape index (κ2) is 7.60. The predicted molar refractivity (Wildman–Crippen MR) is 101 cm³/mol. The summed E-state index contributed by atoms with van der Waals surface area (Å²) in [5.74, 6) is -0.593. The number of hydrogen-bond acceptors (Lipinski definition) is 3.